The number of carbonyl (C=O) groups excluding carboxylic acids is 2. The molecule has 0 fully saturated rings. The van der Waals surface area contributed by atoms with E-state index in [9.17, 15) is 22.8 Å². The van der Waals surface area contributed by atoms with Crippen molar-refractivity contribution in [1.82, 2.24) is 9.78 Å². The van der Waals surface area contributed by atoms with E-state index in [-0.39, 0.29) is 23.5 Å². The van der Waals surface area contributed by atoms with Crippen molar-refractivity contribution in [3.63, 3.8) is 0 Å². The summed E-state index contributed by atoms with van der Waals surface area (Å²) in [5.74, 6) is -1.13. The molecule has 0 saturated heterocycles. The van der Waals surface area contributed by atoms with Crippen molar-refractivity contribution in [1.29, 1.82) is 5.26 Å². The van der Waals surface area contributed by atoms with E-state index in [1.807, 2.05) is 6.07 Å². The summed E-state index contributed by atoms with van der Waals surface area (Å²) in [6.07, 6.45) is -3.21. The fourth-order valence-electron chi connectivity index (χ4n) is 3.61. The summed E-state index contributed by atoms with van der Waals surface area (Å²) < 4.78 is 40.1. The fourth-order valence-corrected chi connectivity index (χ4v) is 3.61. The lowest BCUT2D eigenvalue weighted by Crippen LogP contribution is -2.47. The highest BCUT2D eigenvalue weighted by Crippen LogP contribution is 2.32. The van der Waals surface area contributed by atoms with Crippen LogP contribution in [0.1, 0.15) is 38.9 Å². The molecule has 1 aliphatic heterocycles. The highest BCUT2D eigenvalue weighted by Gasteiger charge is 2.36. The Balaban J connectivity index is 1.64. The van der Waals surface area contributed by atoms with Crippen LogP contribution in [0.4, 0.5) is 24.5 Å². The van der Waals surface area contributed by atoms with Gasteiger partial charge in [0.05, 0.1) is 41.5 Å². The minimum absolute atomic E-state index is 0.0289. The van der Waals surface area contributed by atoms with Crippen LogP contribution in [-0.4, -0.2) is 27.6 Å². The number of hydrogen-bond acceptors (Lipinski definition) is 4. The third-order valence-electron chi connectivity index (χ3n) is 5.11. The maximum Gasteiger partial charge on any atom is 0.416 e. The molecule has 0 radical (unpaired) electrons. The van der Waals surface area contributed by atoms with Gasteiger partial charge in [0.2, 0.25) is 0 Å². The van der Waals surface area contributed by atoms with Gasteiger partial charge in [-0.3, -0.25) is 14.3 Å². The monoisotopic (exact) mass is 439 g/mol. The molecule has 162 valence electrons. The number of nitrogens with one attached hydrogen (secondary N) is 1. The SMILES string of the molecule is CC1Cn2ncc(C(=O)Nc3cccc(C#N)c3)c2C(=O)N1c1ccc(C(F)(F)F)cc1. The number of fused-ring (bicyclic) bond motifs is 1. The maximum atomic E-state index is 13.3. The summed E-state index contributed by atoms with van der Waals surface area (Å²) >= 11 is 0. The molecule has 0 spiro atoms. The van der Waals surface area contributed by atoms with Crippen molar-refractivity contribution in [3.05, 3.63) is 77.1 Å². The van der Waals surface area contributed by atoms with Crippen LogP contribution in [0.15, 0.2) is 54.7 Å². The van der Waals surface area contributed by atoms with E-state index in [0.29, 0.717) is 11.3 Å². The molecule has 1 atom stereocenters. The molecular weight excluding hydrogens is 423 g/mol. The number of alkyl halides is 3. The second kappa shape index (κ2) is 7.85. The van der Waals surface area contributed by atoms with Gasteiger partial charge >= 0.3 is 6.18 Å². The average Bonchev–Trinajstić information content (AvgIpc) is 3.18. The number of rotatable bonds is 3. The van der Waals surface area contributed by atoms with Crippen LogP contribution in [0.5, 0.6) is 0 Å². The molecule has 1 N–H and O–H groups in total. The van der Waals surface area contributed by atoms with Gasteiger partial charge in [-0.05, 0) is 49.4 Å². The van der Waals surface area contributed by atoms with E-state index in [1.54, 1.807) is 25.1 Å². The molecule has 3 aromatic rings. The lowest BCUT2D eigenvalue weighted by Gasteiger charge is -2.34. The minimum atomic E-state index is -4.48. The van der Waals surface area contributed by atoms with Crippen LogP contribution in [0.3, 0.4) is 0 Å². The van der Waals surface area contributed by atoms with Gasteiger partial charge < -0.3 is 10.2 Å². The molecule has 0 aliphatic carbocycles. The number of nitrogens with zero attached hydrogens (tertiary/aromatic N) is 4. The molecule has 0 saturated carbocycles. The van der Waals surface area contributed by atoms with Gasteiger partial charge in [0.15, 0.2) is 0 Å². The molecule has 32 heavy (non-hydrogen) atoms. The van der Waals surface area contributed by atoms with Gasteiger partial charge in [-0.15, -0.1) is 0 Å². The van der Waals surface area contributed by atoms with E-state index in [1.165, 1.54) is 34.0 Å². The first-order valence-electron chi connectivity index (χ1n) is 9.57. The van der Waals surface area contributed by atoms with Crippen LogP contribution in [0.2, 0.25) is 0 Å². The van der Waals surface area contributed by atoms with Gasteiger partial charge in [-0.25, -0.2) is 0 Å². The third kappa shape index (κ3) is 3.80. The zero-order valence-corrected chi connectivity index (χ0v) is 16.7. The van der Waals surface area contributed by atoms with E-state index in [4.69, 9.17) is 5.26 Å². The number of amides is 2. The first-order valence-corrected chi connectivity index (χ1v) is 9.57. The molecule has 2 heterocycles. The van der Waals surface area contributed by atoms with Gasteiger partial charge in [0, 0.05) is 11.4 Å². The van der Waals surface area contributed by atoms with Crippen LogP contribution < -0.4 is 10.2 Å². The third-order valence-corrected chi connectivity index (χ3v) is 5.11. The first kappa shape index (κ1) is 21.1. The molecular formula is C22H16F3N5O2. The summed E-state index contributed by atoms with van der Waals surface area (Å²) in [5.41, 5.74) is 0.278. The molecule has 2 amide bonds. The quantitative estimate of drug-likeness (QED) is 0.666. The van der Waals surface area contributed by atoms with Crippen molar-refractivity contribution in [2.75, 3.05) is 10.2 Å². The van der Waals surface area contributed by atoms with Crippen molar-refractivity contribution >= 4 is 23.2 Å². The molecule has 1 unspecified atom stereocenters. The van der Waals surface area contributed by atoms with E-state index < -0.39 is 29.6 Å². The van der Waals surface area contributed by atoms with Crippen LogP contribution in [-0.2, 0) is 12.7 Å². The maximum absolute atomic E-state index is 13.3. The van der Waals surface area contributed by atoms with Gasteiger partial charge in [0.1, 0.15) is 5.69 Å². The van der Waals surface area contributed by atoms with E-state index >= 15 is 0 Å². The largest absolute Gasteiger partial charge is 0.416 e. The Morgan fingerprint density at radius 1 is 1.22 bits per heavy atom. The molecule has 4 rings (SSSR count). The van der Waals surface area contributed by atoms with Gasteiger partial charge in [0.25, 0.3) is 11.8 Å². The summed E-state index contributed by atoms with van der Waals surface area (Å²) in [7, 11) is 0. The number of nitriles is 1. The van der Waals surface area contributed by atoms with Crippen LogP contribution >= 0.6 is 0 Å². The Morgan fingerprint density at radius 2 is 1.94 bits per heavy atom. The standard InChI is InChI=1S/C22H16F3N5O2/c1-13-12-29-19(21(32)30(13)17-7-5-15(6-8-17)22(23,24)25)18(11-27-29)20(31)28-16-4-2-3-14(9-16)10-26/h2-9,11,13H,12H2,1H3,(H,28,31). The summed E-state index contributed by atoms with van der Waals surface area (Å²) in [5, 5.41) is 15.8. The number of benzene rings is 2. The lowest BCUT2D eigenvalue weighted by atomic mass is 10.1. The Labute approximate surface area is 180 Å². The molecule has 1 aromatic heterocycles. The number of hydrogen-bond donors (Lipinski definition) is 1. The van der Waals surface area contributed by atoms with Crippen molar-refractivity contribution in [3.8, 4) is 6.07 Å². The number of carbonyl (C=O) groups is 2. The van der Waals surface area contributed by atoms with E-state index in [2.05, 4.69) is 10.4 Å². The molecule has 0 bridgehead atoms. The summed E-state index contributed by atoms with van der Waals surface area (Å²) in [6, 6.07) is 12.2. The highest BCUT2D eigenvalue weighted by molar-refractivity contribution is 6.15. The van der Waals surface area contributed by atoms with Crippen LogP contribution in [0.25, 0.3) is 0 Å². The lowest BCUT2D eigenvalue weighted by molar-refractivity contribution is -0.137. The molecule has 10 heteroatoms. The smallest absolute Gasteiger partial charge is 0.322 e. The Hall–Kier alpha value is -4.13. The molecule has 7 nitrogen and oxygen atoms in total. The summed E-state index contributed by atoms with van der Waals surface area (Å²) in [4.78, 5) is 27.4. The topological polar surface area (TPSA) is 91.0 Å². The van der Waals surface area contributed by atoms with Crippen LogP contribution in [0, 0.1) is 11.3 Å². The highest BCUT2D eigenvalue weighted by atomic mass is 19.4. The summed E-state index contributed by atoms with van der Waals surface area (Å²) in [6.45, 7) is 2.01. The molecule has 1 aliphatic rings. The Kier molecular flexibility index (Phi) is 5.18. The van der Waals surface area contributed by atoms with E-state index in [0.717, 1.165) is 12.1 Å². The predicted molar refractivity (Wildman–Crippen MR) is 109 cm³/mol. The van der Waals surface area contributed by atoms with Gasteiger partial charge in [-0.2, -0.15) is 23.5 Å². The number of aromatic nitrogens is 2. The van der Waals surface area contributed by atoms with Crippen molar-refractivity contribution in [2.24, 2.45) is 0 Å². The second-order valence-corrected chi connectivity index (χ2v) is 7.30. The molecule has 2 aromatic carbocycles. The zero-order valence-electron chi connectivity index (χ0n) is 16.7. The minimum Gasteiger partial charge on any atom is -0.322 e. The second-order valence-electron chi connectivity index (χ2n) is 7.30. The predicted octanol–water partition coefficient (Wildman–Crippen LogP) is 4.07. The first-order chi connectivity index (χ1) is 15.2. The van der Waals surface area contributed by atoms with Gasteiger partial charge in [-0.1, -0.05) is 6.07 Å². The normalized spacial score (nSPS) is 15.8. The number of anilines is 2. The number of halogens is 3. The Morgan fingerprint density at radius 3 is 2.59 bits per heavy atom. The zero-order chi connectivity index (χ0) is 23.0. The Bertz CT molecular complexity index is 1240. The fraction of sp³-hybridized carbons (Fsp3) is 0.182. The van der Waals surface area contributed by atoms with Crippen molar-refractivity contribution < 1.29 is 22.8 Å². The average molecular weight is 439 g/mol. The van der Waals surface area contributed by atoms with Crippen molar-refractivity contribution in [2.45, 2.75) is 25.7 Å².